The second-order valence-electron chi connectivity index (χ2n) is 6.46. The van der Waals surface area contributed by atoms with E-state index in [4.69, 9.17) is 0 Å². The number of aliphatic carboxylic acids is 1. The van der Waals surface area contributed by atoms with Crippen molar-refractivity contribution in [3.63, 3.8) is 0 Å². The van der Waals surface area contributed by atoms with Gasteiger partial charge in [-0.05, 0) is 18.8 Å². The van der Waals surface area contributed by atoms with Crippen LogP contribution >= 0.6 is 0 Å². The van der Waals surface area contributed by atoms with Crippen LogP contribution in [0.25, 0.3) is 11.2 Å². The third-order valence-corrected chi connectivity index (χ3v) is 4.56. The predicted octanol–water partition coefficient (Wildman–Crippen LogP) is -0.245. The topological polar surface area (TPSA) is 102 Å². The zero-order valence-corrected chi connectivity index (χ0v) is 14.0. The monoisotopic (exact) mass is 335 g/mol. The zero-order chi connectivity index (χ0) is 17.6. The Morgan fingerprint density at radius 1 is 1.29 bits per heavy atom. The van der Waals surface area contributed by atoms with E-state index in [1.165, 1.54) is 23.2 Å². The first-order valence-corrected chi connectivity index (χ1v) is 7.94. The van der Waals surface area contributed by atoms with E-state index in [-0.39, 0.29) is 17.7 Å². The summed E-state index contributed by atoms with van der Waals surface area (Å²) in [5.41, 5.74) is -0.642. The number of hydrogen-bond donors (Lipinski definition) is 1. The first kappa shape index (κ1) is 16.3. The van der Waals surface area contributed by atoms with Crippen molar-refractivity contribution in [1.82, 2.24) is 18.7 Å². The van der Waals surface area contributed by atoms with Gasteiger partial charge in [0, 0.05) is 27.2 Å². The number of rotatable bonds is 3. The molecule has 0 aliphatic carbocycles. The molecule has 0 spiro atoms. The molecule has 24 heavy (non-hydrogen) atoms. The number of anilines is 1. The summed E-state index contributed by atoms with van der Waals surface area (Å²) in [7, 11) is 2.91. The fourth-order valence-electron chi connectivity index (χ4n) is 3.33. The maximum absolute atomic E-state index is 12.5. The lowest BCUT2D eigenvalue weighted by atomic mass is 10.0. The molecule has 1 aliphatic heterocycles. The van der Waals surface area contributed by atoms with Crippen molar-refractivity contribution in [2.24, 2.45) is 20.0 Å². The van der Waals surface area contributed by atoms with E-state index < -0.39 is 17.2 Å². The summed E-state index contributed by atoms with van der Waals surface area (Å²) in [5.74, 6) is -0.155. The van der Waals surface area contributed by atoms with E-state index in [0.29, 0.717) is 11.9 Å². The number of imidazole rings is 1. The third-order valence-electron chi connectivity index (χ3n) is 4.56. The summed E-state index contributed by atoms with van der Waals surface area (Å²) in [5, 5.41) is 9.26. The number of fused-ring (bicyclic) bond motifs is 1. The van der Waals surface area contributed by atoms with Crippen LogP contribution < -0.4 is 16.1 Å². The summed E-state index contributed by atoms with van der Waals surface area (Å²) >= 11 is 0. The minimum atomic E-state index is -1.06. The minimum Gasteiger partial charge on any atom is -0.480 e. The molecule has 3 heterocycles. The molecule has 2 aromatic rings. The highest BCUT2D eigenvalue weighted by Gasteiger charge is 2.26. The van der Waals surface area contributed by atoms with Gasteiger partial charge < -0.3 is 10.0 Å². The van der Waals surface area contributed by atoms with Gasteiger partial charge in [0.1, 0.15) is 6.54 Å². The summed E-state index contributed by atoms with van der Waals surface area (Å²) in [6, 6.07) is 0. The zero-order valence-electron chi connectivity index (χ0n) is 14.0. The molecule has 1 atom stereocenters. The van der Waals surface area contributed by atoms with Crippen molar-refractivity contribution in [2.75, 3.05) is 18.0 Å². The van der Waals surface area contributed by atoms with Crippen molar-refractivity contribution in [3.05, 3.63) is 20.8 Å². The summed E-state index contributed by atoms with van der Waals surface area (Å²) in [6.07, 6.45) is 2.09. The number of carboxylic acid groups (broad SMARTS) is 1. The maximum Gasteiger partial charge on any atom is 0.332 e. The Hall–Kier alpha value is -2.58. The van der Waals surface area contributed by atoms with E-state index in [2.05, 4.69) is 11.9 Å². The summed E-state index contributed by atoms with van der Waals surface area (Å²) in [6.45, 7) is 3.26. The van der Waals surface area contributed by atoms with Crippen LogP contribution in [0.4, 0.5) is 5.95 Å². The lowest BCUT2D eigenvalue weighted by Gasteiger charge is -2.31. The van der Waals surface area contributed by atoms with Crippen LogP contribution in [0.5, 0.6) is 0 Å². The Morgan fingerprint density at radius 2 is 2.00 bits per heavy atom. The lowest BCUT2D eigenvalue weighted by molar-refractivity contribution is -0.137. The van der Waals surface area contributed by atoms with Crippen molar-refractivity contribution < 1.29 is 9.90 Å². The molecule has 0 bridgehead atoms. The van der Waals surface area contributed by atoms with Crippen molar-refractivity contribution >= 4 is 23.1 Å². The standard InChI is InChI=1S/C15H21N5O4/c1-9-5-4-6-19(7-9)14-16-12-11(20(14)8-10(21)22)13(23)18(3)15(24)17(12)2/h9H,4-8H2,1-3H3,(H,21,22)/t9-/m1/s1. The van der Waals surface area contributed by atoms with E-state index >= 15 is 0 Å². The number of carboxylic acids is 1. The van der Waals surface area contributed by atoms with Gasteiger partial charge in [0.05, 0.1) is 0 Å². The summed E-state index contributed by atoms with van der Waals surface area (Å²) in [4.78, 5) is 42.4. The maximum atomic E-state index is 12.5. The molecule has 2 aromatic heterocycles. The van der Waals surface area contributed by atoms with Gasteiger partial charge in [-0.15, -0.1) is 0 Å². The number of aromatic nitrogens is 4. The highest BCUT2D eigenvalue weighted by atomic mass is 16.4. The third kappa shape index (κ3) is 2.49. The largest absolute Gasteiger partial charge is 0.480 e. The van der Waals surface area contributed by atoms with Crippen LogP contribution in [0.1, 0.15) is 19.8 Å². The van der Waals surface area contributed by atoms with Gasteiger partial charge >= 0.3 is 11.7 Å². The average molecular weight is 335 g/mol. The number of piperidine rings is 1. The molecular weight excluding hydrogens is 314 g/mol. The van der Waals surface area contributed by atoms with Gasteiger partial charge in [-0.2, -0.15) is 4.98 Å². The number of hydrogen-bond acceptors (Lipinski definition) is 5. The molecule has 1 fully saturated rings. The normalized spacial score (nSPS) is 18.3. The van der Waals surface area contributed by atoms with E-state index in [1.54, 1.807) is 0 Å². The van der Waals surface area contributed by atoms with Gasteiger partial charge in [0.2, 0.25) is 5.95 Å². The minimum absolute atomic E-state index is 0.148. The second kappa shape index (κ2) is 5.81. The first-order valence-electron chi connectivity index (χ1n) is 7.94. The molecule has 9 heteroatoms. The Balaban J connectivity index is 2.31. The summed E-state index contributed by atoms with van der Waals surface area (Å²) < 4.78 is 3.68. The van der Waals surface area contributed by atoms with Crippen LogP contribution in [-0.4, -0.2) is 42.9 Å². The predicted molar refractivity (Wildman–Crippen MR) is 88.5 cm³/mol. The molecule has 130 valence electrons. The Kier molecular flexibility index (Phi) is 3.94. The highest BCUT2D eigenvalue weighted by molar-refractivity contribution is 5.78. The molecule has 1 aliphatic rings. The quantitative estimate of drug-likeness (QED) is 0.830. The number of nitrogens with zero attached hydrogens (tertiary/aromatic N) is 5. The van der Waals surface area contributed by atoms with E-state index in [9.17, 15) is 19.5 Å². The van der Waals surface area contributed by atoms with Crippen LogP contribution in [0, 0.1) is 5.92 Å². The molecule has 0 aromatic carbocycles. The van der Waals surface area contributed by atoms with Crippen LogP contribution in [0.3, 0.4) is 0 Å². The fraction of sp³-hybridized carbons (Fsp3) is 0.600. The van der Waals surface area contributed by atoms with Gasteiger partial charge in [0.15, 0.2) is 11.2 Å². The molecule has 3 rings (SSSR count). The van der Waals surface area contributed by atoms with Gasteiger partial charge in [-0.1, -0.05) is 6.92 Å². The Morgan fingerprint density at radius 3 is 2.62 bits per heavy atom. The van der Waals surface area contributed by atoms with E-state index in [1.807, 2.05) is 4.90 Å². The van der Waals surface area contributed by atoms with Crippen molar-refractivity contribution in [3.8, 4) is 0 Å². The molecule has 0 unspecified atom stereocenters. The Bertz CT molecular complexity index is 923. The Labute approximate surface area is 137 Å². The first-order chi connectivity index (χ1) is 11.3. The molecule has 1 N–H and O–H groups in total. The van der Waals surface area contributed by atoms with Crippen molar-refractivity contribution in [1.29, 1.82) is 0 Å². The van der Waals surface area contributed by atoms with Crippen LogP contribution in [-0.2, 0) is 25.4 Å². The average Bonchev–Trinajstić information content (AvgIpc) is 2.89. The molecule has 1 saturated heterocycles. The van der Waals surface area contributed by atoms with Crippen LogP contribution in [0.15, 0.2) is 9.59 Å². The second-order valence-corrected chi connectivity index (χ2v) is 6.46. The molecule has 0 saturated carbocycles. The fourth-order valence-corrected chi connectivity index (χ4v) is 3.33. The van der Waals surface area contributed by atoms with Gasteiger partial charge in [-0.25, -0.2) is 4.79 Å². The van der Waals surface area contributed by atoms with Gasteiger partial charge in [-0.3, -0.25) is 23.3 Å². The smallest absolute Gasteiger partial charge is 0.332 e. The number of carbonyl (C=O) groups is 1. The van der Waals surface area contributed by atoms with Crippen molar-refractivity contribution in [2.45, 2.75) is 26.3 Å². The highest BCUT2D eigenvalue weighted by Crippen LogP contribution is 2.25. The number of aryl methyl sites for hydroxylation is 1. The lowest BCUT2D eigenvalue weighted by Crippen LogP contribution is -2.38. The van der Waals surface area contributed by atoms with E-state index in [0.717, 1.165) is 30.5 Å². The van der Waals surface area contributed by atoms with Crippen LogP contribution in [0.2, 0.25) is 0 Å². The van der Waals surface area contributed by atoms with Gasteiger partial charge in [0.25, 0.3) is 5.56 Å². The molecule has 0 amide bonds. The molecule has 9 nitrogen and oxygen atoms in total. The molecule has 0 radical (unpaired) electrons. The molecular formula is C15H21N5O4. The SMILES string of the molecule is C[C@@H]1CCCN(c2nc3c(c(=O)n(C)c(=O)n3C)n2CC(=O)O)C1.